The fourth-order valence-corrected chi connectivity index (χ4v) is 4.84. The van der Waals surface area contributed by atoms with Gasteiger partial charge in [-0.25, -0.2) is 9.59 Å². The highest BCUT2D eigenvalue weighted by Crippen LogP contribution is 2.68. The van der Waals surface area contributed by atoms with Gasteiger partial charge in [0.1, 0.15) is 0 Å². The molecule has 3 heterocycles. The molecule has 3 fully saturated rings. The molecule has 4 atom stereocenters. The van der Waals surface area contributed by atoms with Crippen molar-refractivity contribution < 1.29 is 23.8 Å². The normalized spacial score (nSPS) is 39.4. The van der Waals surface area contributed by atoms with Crippen molar-refractivity contribution in [2.75, 3.05) is 20.7 Å². The van der Waals surface area contributed by atoms with Crippen molar-refractivity contribution in [3.63, 3.8) is 0 Å². The third kappa shape index (κ3) is 1.81. The molecule has 134 valence electrons. The van der Waals surface area contributed by atoms with Crippen molar-refractivity contribution in [2.45, 2.75) is 50.0 Å². The lowest BCUT2D eigenvalue weighted by atomic mass is 9.72. The fraction of sp³-hybridized carbons (Fsp3) is 0.579. The maximum Gasteiger partial charge on any atom is 0.354 e. The summed E-state index contributed by atoms with van der Waals surface area (Å²) >= 11 is 0. The molecule has 6 heteroatoms. The van der Waals surface area contributed by atoms with Gasteiger partial charge < -0.3 is 14.2 Å². The first-order chi connectivity index (χ1) is 11.7. The lowest BCUT2D eigenvalue weighted by molar-refractivity contribution is -0.178. The molecule has 3 aliphatic rings. The van der Waals surface area contributed by atoms with E-state index >= 15 is 0 Å². The van der Waals surface area contributed by atoms with Crippen molar-refractivity contribution in [1.82, 2.24) is 4.90 Å². The van der Waals surface area contributed by atoms with Crippen molar-refractivity contribution in [2.24, 2.45) is 0 Å². The van der Waals surface area contributed by atoms with Gasteiger partial charge in [0.2, 0.25) is 0 Å². The first kappa shape index (κ1) is 16.5. The van der Waals surface area contributed by atoms with Crippen molar-refractivity contribution in [3.05, 3.63) is 34.9 Å². The van der Waals surface area contributed by atoms with Crippen molar-refractivity contribution in [3.8, 4) is 0 Å². The Hall–Kier alpha value is -1.92. The molecule has 6 nitrogen and oxygen atoms in total. The van der Waals surface area contributed by atoms with E-state index in [9.17, 15) is 9.59 Å². The SMILES string of the molecule is COC(=O)[C@]12O[C@]13C[C@H](c1ccc(C)cc1C)N(C)C[C@@]3(C)OC2=O. The van der Waals surface area contributed by atoms with Crippen LogP contribution in [0.1, 0.15) is 36.1 Å². The van der Waals surface area contributed by atoms with Gasteiger partial charge in [0.15, 0.2) is 11.2 Å². The number of hydrogen-bond acceptors (Lipinski definition) is 6. The van der Waals surface area contributed by atoms with Crippen LogP contribution in [-0.4, -0.2) is 54.3 Å². The molecule has 4 rings (SSSR count). The summed E-state index contributed by atoms with van der Waals surface area (Å²) < 4.78 is 16.4. The summed E-state index contributed by atoms with van der Waals surface area (Å²) in [6.45, 7) is 6.49. The van der Waals surface area contributed by atoms with Crippen LogP contribution in [0, 0.1) is 13.8 Å². The standard InChI is InChI=1S/C19H23NO5/c1-11-6-7-13(12(2)8-11)14-9-18-17(3,10-20(14)4)24-16(22)19(18,25-18)15(21)23-5/h6-8,14H,9-10H2,1-5H3/t14-,17-,18+,19-/m1/s1. The number of nitrogens with zero attached hydrogens (tertiary/aromatic N) is 1. The smallest absolute Gasteiger partial charge is 0.354 e. The largest absolute Gasteiger partial charge is 0.466 e. The monoisotopic (exact) mass is 345 g/mol. The van der Waals surface area contributed by atoms with Crippen molar-refractivity contribution in [1.29, 1.82) is 0 Å². The number of aryl methyl sites for hydroxylation is 2. The van der Waals surface area contributed by atoms with E-state index in [-0.39, 0.29) is 6.04 Å². The minimum atomic E-state index is -1.60. The van der Waals surface area contributed by atoms with Crippen molar-refractivity contribution >= 4 is 11.9 Å². The van der Waals surface area contributed by atoms with E-state index < -0.39 is 28.7 Å². The van der Waals surface area contributed by atoms with Crippen LogP contribution < -0.4 is 0 Å². The third-order valence-electron chi connectivity index (χ3n) is 6.14. The molecule has 0 N–H and O–H groups in total. The number of hydrogen-bond donors (Lipinski definition) is 0. The molecule has 0 amide bonds. The van der Waals surface area contributed by atoms with E-state index in [0.717, 1.165) is 0 Å². The number of carbonyl (C=O) groups excluding carboxylic acids is 2. The zero-order chi connectivity index (χ0) is 18.2. The average Bonchev–Trinajstić information content (AvgIpc) is 3.18. The van der Waals surface area contributed by atoms with Gasteiger partial charge in [-0.15, -0.1) is 0 Å². The zero-order valence-electron chi connectivity index (χ0n) is 15.2. The van der Waals surface area contributed by atoms with Gasteiger partial charge in [0.25, 0.3) is 5.60 Å². The van der Waals surface area contributed by atoms with E-state index in [4.69, 9.17) is 14.2 Å². The first-order valence-corrected chi connectivity index (χ1v) is 8.50. The molecule has 0 aromatic heterocycles. The van der Waals surface area contributed by atoms with Crippen LogP contribution in [0.15, 0.2) is 18.2 Å². The Balaban J connectivity index is 1.77. The van der Waals surface area contributed by atoms with Crippen LogP contribution in [0.25, 0.3) is 0 Å². The van der Waals surface area contributed by atoms with E-state index in [0.29, 0.717) is 13.0 Å². The molecule has 1 aromatic rings. The summed E-state index contributed by atoms with van der Waals surface area (Å²) in [6.07, 6.45) is 0.505. The van der Waals surface area contributed by atoms with Crippen LogP contribution in [0.5, 0.6) is 0 Å². The van der Waals surface area contributed by atoms with Gasteiger partial charge in [0, 0.05) is 19.0 Å². The third-order valence-corrected chi connectivity index (χ3v) is 6.14. The minimum absolute atomic E-state index is 0.0368. The molecule has 0 saturated carbocycles. The molecule has 1 spiro atoms. The molecule has 1 aromatic carbocycles. The summed E-state index contributed by atoms with van der Waals surface area (Å²) in [5.41, 5.74) is 0.147. The minimum Gasteiger partial charge on any atom is -0.466 e. The Morgan fingerprint density at radius 2 is 2.08 bits per heavy atom. The Labute approximate surface area is 147 Å². The summed E-state index contributed by atoms with van der Waals surface area (Å²) in [4.78, 5) is 27.0. The van der Waals surface area contributed by atoms with Crippen LogP contribution >= 0.6 is 0 Å². The number of likely N-dealkylation sites (tertiary alicyclic amines) is 1. The number of carbonyl (C=O) groups is 2. The number of epoxide rings is 1. The molecular weight excluding hydrogens is 322 g/mol. The Morgan fingerprint density at radius 3 is 2.72 bits per heavy atom. The molecule has 0 bridgehead atoms. The van der Waals surface area contributed by atoms with Crippen LogP contribution in [0.4, 0.5) is 0 Å². The van der Waals surface area contributed by atoms with Crippen LogP contribution in [0.3, 0.4) is 0 Å². The highest BCUT2D eigenvalue weighted by Gasteiger charge is 2.93. The van der Waals surface area contributed by atoms with Gasteiger partial charge in [0.05, 0.1) is 7.11 Å². The van der Waals surface area contributed by atoms with Gasteiger partial charge in [-0.05, 0) is 38.9 Å². The Bertz CT molecular complexity index is 792. The lowest BCUT2D eigenvalue weighted by Crippen LogP contribution is -2.58. The summed E-state index contributed by atoms with van der Waals surface area (Å²) in [5.74, 6) is -1.29. The predicted octanol–water partition coefficient (Wildman–Crippen LogP) is 1.68. The van der Waals surface area contributed by atoms with Gasteiger partial charge >= 0.3 is 11.9 Å². The number of methoxy groups -OCH3 is 1. The second-order valence-electron chi connectivity index (χ2n) is 7.72. The second kappa shape index (κ2) is 4.83. The molecule has 0 unspecified atom stereocenters. The second-order valence-corrected chi connectivity index (χ2v) is 7.72. The maximum absolute atomic E-state index is 12.5. The topological polar surface area (TPSA) is 68.4 Å². The average molecular weight is 345 g/mol. The first-order valence-electron chi connectivity index (χ1n) is 8.50. The molecular formula is C19H23NO5. The number of benzene rings is 1. The van der Waals surface area contributed by atoms with E-state index in [2.05, 4.69) is 36.9 Å². The molecule has 3 aliphatic heterocycles. The number of piperidine rings is 1. The summed E-state index contributed by atoms with van der Waals surface area (Å²) in [7, 11) is 3.28. The van der Waals surface area contributed by atoms with Gasteiger partial charge in [-0.3, -0.25) is 4.90 Å². The number of ether oxygens (including phenoxy) is 3. The fourth-order valence-electron chi connectivity index (χ4n) is 4.84. The molecule has 0 radical (unpaired) electrons. The van der Waals surface area contributed by atoms with E-state index in [1.54, 1.807) is 0 Å². The van der Waals surface area contributed by atoms with Gasteiger partial charge in [-0.1, -0.05) is 23.8 Å². The highest BCUT2D eigenvalue weighted by atomic mass is 16.7. The molecule has 25 heavy (non-hydrogen) atoms. The Kier molecular flexibility index (Phi) is 3.19. The quantitative estimate of drug-likeness (QED) is 0.461. The van der Waals surface area contributed by atoms with Crippen LogP contribution in [0.2, 0.25) is 0 Å². The summed E-state index contributed by atoms with van der Waals surface area (Å²) in [5, 5.41) is 0. The maximum atomic E-state index is 12.5. The van der Waals surface area contributed by atoms with Gasteiger partial charge in [-0.2, -0.15) is 0 Å². The summed E-state index contributed by atoms with van der Waals surface area (Å²) in [6, 6.07) is 6.38. The molecule has 3 saturated heterocycles. The predicted molar refractivity (Wildman–Crippen MR) is 89.0 cm³/mol. The number of rotatable bonds is 2. The van der Waals surface area contributed by atoms with E-state index in [1.807, 2.05) is 14.0 Å². The molecule has 0 aliphatic carbocycles. The van der Waals surface area contributed by atoms with Crippen LogP contribution in [-0.2, 0) is 23.8 Å². The number of likely N-dealkylation sites (N-methyl/N-ethyl adjacent to an activating group) is 1. The number of esters is 2. The zero-order valence-corrected chi connectivity index (χ0v) is 15.2. The lowest BCUT2D eigenvalue weighted by Gasteiger charge is -2.45. The van der Waals surface area contributed by atoms with E-state index in [1.165, 1.54) is 23.8 Å². The Morgan fingerprint density at radius 1 is 1.36 bits per heavy atom. The highest BCUT2D eigenvalue weighted by molar-refractivity contribution is 6.11.